The van der Waals surface area contributed by atoms with Gasteiger partial charge in [0, 0.05) is 18.0 Å². The predicted octanol–water partition coefficient (Wildman–Crippen LogP) is 1.77. The topological polar surface area (TPSA) is 38.3 Å². The van der Waals surface area contributed by atoms with Crippen molar-refractivity contribution in [1.82, 2.24) is 5.32 Å². The molecule has 0 fully saturated rings. The SMILES string of the molecule is COC(=O)C(Br)CNCc1cccs1. The van der Waals surface area contributed by atoms with Gasteiger partial charge in [-0.3, -0.25) is 4.79 Å². The van der Waals surface area contributed by atoms with Crippen LogP contribution < -0.4 is 5.32 Å². The first-order chi connectivity index (χ1) is 6.74. The van der Waals surface area contributed by atoms with Crippen molar-refractivity contribution in [2.24, 2.45) is 0 Å². The standard InChI is InChI=1S/C9H12BrNO2S/c1-13-9(12)8(10)6-11-5-7-3-2-4-14-7/h2-4,8,11H,5-6H2,1H3. The molecule has 0 bridgehead atoms. The fourth-order valence-corrected chi connectivity index (χ4v) is 2.04. The summed E-state index contributed by atoms with van der Waals surface area (Å²) in [5.74, 6) is -0.247. The molecular weight excluding hydrogens is 266 g/mol. The molecule has 0 amide bonds. The minimum atomic E-state index is -0.271. The van der Waals surface area contributed by atoms with Crippen molar-refractivity contribution in [2.45, 2.75) is 11.4 Å². The Kier molecular flexibility index (Phi) is 5.14. The summed E-state index contributed by atoms with van der Waals surface area (Å²) >= 11 is 4.93. The highest BCUT2D eigenvalue weighted by Gasteiger charge is 2.13. The molecule has 0 spiro atoms. The molecule has 1 heterocycles. The number of rotatable bonds is 5. The second-order valence-electron chi connectivity index (χ2n) is 2.70. The number of halogens is 1. The van der Waals surface area contributed by atoms with E-state index in [2.05, 4.69) is 32.0 Å². The van der Waals surface area contributed by atoms with E-state index in [1.807, 2.05) is 11.4 Å². The first kappa shape index (κ1) is 11.7. The highest BCUT2D eigenvalue weighted by Crippen LogP contribution is 2.08. The number of alkyl halides is 1. The maximum Gasteiger partial charge on any atom is 0.320 e. The molecule has 78 valence electrons. The molecule has 0 radical (unpaired) electrons. The van der Waals surface area contributed by atoms with Gasteiger partial charge in [-0.15, -0.1) is 11.3 Å². The fraction of sp³-hybridized carbons (Fsp3) is 0.444. The molecule has 1 aromatic rings. The summed E-state index contributed by atoms with van der Waals surface area (Å²) in [5.41, 5.74) is 0. The van der Waals surface area contributed by atoms with Gasteiger partial charge >= 0.3 is 5.97 Å². The van der Waals surface area contributed by atoms with Gasteiger partial charge < -0.3 is 10.1 Å². The zero-order valence-corrected chi connectivity index (χ0v) is 10.2. The van der Waals surface area contributed by atoms with Gasteiger partial charge in [0.05, 0.1) is 7.11 Å². The van der Waals surface area contributed by atoms with Gasteiger partial charge in [-0.05, 0) is 11.4 Å². The molecule has 1 atom stereocenters. The molecule has 14 heavy (non-hydrogen) atoms. The molecule has 1 N–H and O–H groups in total. The van der Waals surface area contributed by atoms with Crippen molar-refractivity contribution >= 4 is 33.2 Å². The summed E-state index contributed by atoms with van der Waals surface area (Å²) in [6.07, 6.45) is 0. The van der Waals surface area contributed by atoms with Crippen LogP contribution in [0.25, 0.3) is 0 Å². The molecule has 0 aliphatic carbocycles. The molecule has 1 rings (SSSR count). The van der Waals surface area contributed by atoms with Crippen molar-refractivity contribution < 1.29 is 9.53 Å². The van der Waals surface area contributed by atoms with Crippen molar-refractivity contribution in [3.63, 3.8) is 0 Å². The third-order valence-electron chi connectivity index (χ3n) is 1.66. The van der Waals surface area contributed by atoms with Crippen LogP contribution in [0.1, 0.15) is 4.88 Å². The van der Waals surface area contributed by atoms with Crippen LogP contribution in [0, 0.1) is 0 Å². The monoisotopic (exact) mass is 277 g/mol. The van der Waals surface area contributed by atoms with Gasteiger partial charge in [0.25, 0.3) is 0 Å². The Hall–Kier alpha value is -0.390. The molecule has 1 aromatic heterocycles. The fourth-order valence-electron chi connectivity index (χ4n) is 0.946. The summed E-state index contributed by atoms with van der Waals surface area (Å²) in [6, 6.07) is 4.06. The third-order valence-corrected chi connectivity index (χ3v) is 3.23. The van der Waals surface area contributed by atoms with Crippen LogP contribution in [0.3, 0.4) is 0 Å². The Morgan fingerprint density at radius 2 is 2.57 bits per heavy atom. The van der Waals surface area contributed by atoms with Crippen molar-refractivity contribution in [3.05, 3.63) is 22.4 Å². The number of nitrogens with one attached hydrogen (secondary N) is 1. The Morgan fingerprint density at radius 1 is 1.79 bits per heavy atom. The summed E-state index contributed by atoms with van der Waals surface area (Å²) in [6.45, 7) is 1.36. The molecule has 0 aliphatic rings. The number of thiophene rings is 1. The summed E-state index contributed by atoms with van der Waals surface area (Å²) in [7, 11) is 1.38. The lowest BCUT2D eigenvalue weighted by atomic mass is 10.4. The summed E-state index contributed by atoms with van der Waals surface area (Å²) < 4.78 is 4.58. The Balaban J connectivity index is 2.18. The average molecular weight is 278 g/mol. The minimum Gasteiger partial charge on any atom is -0.468 e. The second-order valence-corrected chi connectivity index (χ2v) is 4.84. The number of hydrogen-bond donors (Lipinski definition) is 1. The molecule has 5 heteroatoms. The van der Waals surface area contributed by atoms with Gasteiger partial charge in [0.2, 0.25) is 0 Å². The average Bonchev–Trinajstić information content (AvgIpc) is 2.69. The van der Waals surface area contributed by atoms with Crippen LogP contribution in [-0.2, 0) is 16.1 Å². The Labute approximate surface area is 95.6 Å². The van der Waals surface area contributed by atoms with E-state index in [0.29, 0.717) is 6.54 Å². The Bertz CT molecular complexity index is 276. The van der Waals surface area contributed by atoms with Gasteiger partial charge in [-0.1, -0.05) is 22.0 Å². The zero-order chi connectivity index (χ0) is 10.4. The third kappa shape index (κ3) is 3.77. The highest BCUT2D eigenvalue weighted by atomic mass is 79.9. The smallest absolute Gasteiger partial charge is 0.320 e. The second kappa shape index (κ2) is 6.16. The number of carbonyl (C=O) groups is 1. The molecule has 3 nitrogen and oxygen atoms in total. The normalized spacial score (nSPS) is 12.4. The largest absolute Gasteiger partial charge is 0.468 e. The van der Waals surface area contributed by atoms with Crippen LogP contribution in [0.4, 0.5) is 0 Å². The van der Waals surface area contributed by atoms with Gasteiger partial charge in [0.15, 0.2) is 0 Å². The zero-order valence-electron chi connectivity index (χ0n) is 7.83. The van der Waals surface area contributed by atoms with E-state index in [1.165, 1.54) is 12.0 Å². The quantitative estimate of drug-likeness (QED) is 0.659. The number of esters is 1. The van der Waals surface area contributed by atoms with E-state index in [0.717, 1.165) is 6.54 Å². The van der Waals surface area contributed by atoms with Gasteiger partial charge in [0.1, 0.15) is 4.83 Å². The van der Waals surface area contributed by atoms with Crippen LogP contribution >= 0.6 is 27.3 Å². The minimum absolute atomic E-state index is 0.247. The Morgan fingerprint density at radius 3 is 3.14 bits per heavy atom. The van der Waals surface area contributed by atoms with E-state index in [9.17, 15) is 4.79 Å². The van der Waals surface area contributed by atoms with Crippen molar-refractivity contribution in [1.29, 1.82) is 0 Å². The number of ether oxygens (including phenoxy) is 1. The number of carbonyl (C=O) groups excluding carboxylic acids is 1. The van der Waals surface area contributed by atoms with E-state index in [-0.39, 0.29) is 10.8 Å². The molecular formula is C9H12BrNO2S. The van der Waals surface area contributed by atoms with E-state index >= 15 is 0 Å². The van der Waals surface area contributed by atoms with Crippen LogP contribution in [-0.4, -0.2) is 24.5 Å². The lowest BCUT2D eigenvalue weighted by molar-refractivity contribution is -0.139. The van der Waals surface area contributed by atoms with Crippen LogP contribution in [0.15, 0.2) is 17.5 Å². The predicted molar refractivity (Wildman–Crippen MR) is 60.8 cm³/mol. The van der Waals surface area contributed by atoms with Crippen molar-refractivity contribution in [2.75, 3.05) is 13.7 Å². The highest BCUT2D eigenvalue weighted by molar-refractivity contribution is 9.10. The number of methoxy groups -OCH3 is 1. The molecule has 1 unspecified atom stereocenters. The van der Waals surface area contributed by atoms with Crippen LogP contribution in [0.5, 0.6) is 0 Å². The lowest BCUT2D eigenvalue weighted by Gasteiger charge is -2.07. The number of hydrogen-bond acceptors (Lipinski definition) is 4. The first-order valence-corrected chi connectivity index (χ1v) is 5.98. The first-order valence-electron chi connectivity index (χ1n) is 4.19. The van der Waals surface area contributed by atoms with Crippen molar-refractivity contribution in [3.8, 4) is 0 Å². The molecule has 0 saturated carbocycles. The van der Waals surface area contributed by atoms with Crippen LogP contribution in [0.2, 0.25) is 0 Å². The summed E-state index contributed by atoms with van der Waals surface area (Å²) in [5, 5.41) is 5.20. The van der Waals surface area contributed by atoms with E-state index in [1.54, 1.807) is 11.3 Å². The van der Waals surface area contributed by atoms with Gasteiger partial charge in [-0.2, -0.15) is 0 Å². The van der Waals surface area contributed by atoms with E-state index in [4.69, 9.17) is 0 Å². The van der Waals surface area contributed by atoms with E-state index < -0.39 is 0 Å². The maximum atomic E-state index is 11.0. The lowest BCUT2D eigenvalue weighted by Crippen LogP contribution is -2.29. The van der Waals surface area contributed by atoms with Gasteiger partial charge in [-0.25, -0.2) is 0 Å². The summed E-state index contributed by atoms with van der Waals surface area (Å²) in [4.78, 5) is 12.0. The molecule has 0 saturated heterocycles. The molecule has 0 aliphatic heterocycles. The molecule has 0 aromatic carbocycles. The maximum absolute atomic E-state index is 11.0.